The van der Waals surface area contributed by atoms with Gasteiger partial charge >= 0.3 is 0 Å². The van der Waals surface area contributed by atoms with E-state index in [1.807, 2.05) is 24.3 Å². The summed E-state index contributed by atoms with van der Waals surface area (Å²) in [4.78, 5) is 20.2. The van der Waals surface area contributed by atoms with E-state index >= 15 is 0 Å². The predicted octanol–water partition coefficient (Wildman–Crippen LogP) is 4.27. The van der Waals surface area contributed by atoms with Gasteiger partial charge in [-0.1, -0.05) is 25.1 Å². The van der Waals surface area contributed by atoms with Crippen molar-refractivity contribution in [2.45, 2.75) is 39.3 Å². The SMILES string of the molecule is Cc1cc(O)c([C@@H](c2cccc(F)c2)N2CCC(C)CC2)c(=O)n1Cc1ccccn1. The summed E-state index contributed by atoms with van der Waals surface area (Å²) in [6, 6.07) is 13.0. The highest BCUT2D eigenvalue weighted by Gasteiger charge is 2.31. The first-order chi connectivity index (χ1) is 14.9. The normalized spacial score (nSPS) is 16.4. The van der Waals surface area contributed by atoms with Gasteiger partial charge in [-0.2, -0.15) is 0 Å². The van der Waals surface area contributed by atoms with Gasteiger partial charge in [-0.05, 0) is 74.7 Å². The van der Waals surface area contributed by atoms with Crippen molar-refractivity contribution in [3.8, 4) is 5.75 Å². The smallest absolute Gasteiger partial charge is 0.260 e. The van der Waals surface area contributed by atoms with E-state index in [0.717, 1.165) is 31.6 Å². The summed E-state index contributed by atoms with van der Waals surface area (Å²) in [6.45, 7) is 5.90. The monoisotopic (exact) mass is 421 g/mol. The fourth-order valence-corrected chi connectivity index (χ4v) is 4.40. The molecule has 4 rings (SSSR count). The van der Waals surface area contributed by atoms with Gasteiger partial charge in [-0.15, -0.1) is 0 Å². The van der Waals surface area contributed by atoms with Gasteiger partial charge in [-0.25, -0.2) is 4.39 Å². The van der Waals surface area contributed by atoms with E-state index in [1.54, 1.807) is 29.8 Å². The zero-order valence-corrected chi connectivity index (χ0v) is 18.0. The highest BCUT2D eigenvalue weighted by atomic mass is 19.1. The topological polar surface area (TPSA) is 58.4 Å². The van der Waals surface area contributed by atoms with Crippen LogP contribution >= 0.6 is 0 Å². The molecule has 0 bridgehead atoms. The average Bonchev–Trinajstić information content (AvgIpc) is 2.76. The Bertz CT molecular complexity index is 1110. The Hall–Kier alpha value is -2.99. The first-order valence-electron chi connectivity index (χ1n) is 10.8. The second-order valence-electron chi connectivity index (χ2n) is 8.47. The largest absolute Gasteiger partial charge is 0.507 e. The zero-order valence-electron chi connectivity index (χ0n) is 18.0. The summed E-state index contributed by atoms with van der Waals surface area (Å²) in [6.07, 6.45) is 3.70. The molecule has 162 valence electrons. The van der Waals surface area contributed by atoms with Crippen molar-refractivity contribution >= 4 is 0 Å². The van der Waals surface area contributed by atoms with Crippen LogP contribution < -0.4 is 5.56 Å². The average molecular weight is 422 g/mol. The Morgan fingerprint density at radius 3 is 2.61 bits per heavy atom. The van der Waals surface area contributed by atoms with Crippen LogP contribution in [0.2, 0.25) is 0 Å². The van der Waals surface area contributed by atoms with Crippen molar-refractivity contribution in [3.05, 3.63) is 93.4 Å². The maximum absolute atomic E-state index is 14.1. The first-order valence-corrected chi connectivity index (χ1v) is 10.8. The van der Waals surface area contributed by atoms with Crippen LogP contribution in [0.3, 0.4) is 0 Å². The number of pyridine rings is 2. The number of aromatic hydroxyl groups is 1. The Morgan fingerprint density at radius 1 is 1.16 bits per heavy atom. The number of likely N-dealkylation sites (tertiary alicyclic amines) is 1. The van der Waals surface area contributed by atoms with Gasteiger partial charge in [0, 0.05) is 11.9 Å². The Balaban J connectivity index is 1.84. The van der Waals surface area contributed by atoms with Crippen LogP contribution in [0.15, 0.2) is 59.5 Å². The molecule has 1 aromatic carbocycles. The minimum atomic E-state index is -0.508. The molecule has 6 heteroatoms. The molecule has 1 fully saturated rings. The Morgan fingerprint density at radius 2 is 1.94 bits per heavy atom. The summed E-state index contributed by atoms with van der Waals surface area (Å²) < 4.78 is 15.8. The number of hydrogen-bond donors (Lipinski definition) is 1. The van der Waals surface area contributed by atoms with E-state index in [2.05, 4.69) is 16.8 Å². The third kappa shape index (κ3) is 4.54. The van der Waals surface area contributed by atoms with E-state index in [4.69, 9.17) is 0 Å². The van der Waals surface area contributed by atoms with Gasteiger partial charge in [0.15, 0.2) is 0 Å². The van der Waals surface area contributed by atoms with Crippen LogP contribution in [0.4, 0.5) is 4.39 Å². The van der Waals surface area contributed by atoms with E-state index in [9.17, 15) is 14.3 Å². The van der Waals surface area contributed by atoms with Crippen molar-refractivity contribution in [1.82, 2.24) is 14.5 Å². The van der Waals surface area contributed by atoms with Gasteiger partial charge in [0.2, 0.25) is 0 Å². The van der Waals surface area contributed by atoms with Crippen LogP contribution in [0.5, 0.6) is 5.75 Å². The highest BCUT2D eigenvalue weighted by molar-refractivity contribution is 5.41. The van der Waals surface area contributed by atoms with Gasteiger partial charge in [0.05, 0.1) is 23.8 Å². The molecule has 3 heterocycles. The first kappa shape index (κ1) is 21.2. The highest BCUT2D eigenvalue weighted by Crippen LogP contribution is 2.35. The van der Waals surface area contributed by atoms with Crippen molar-refractivity contribution in [2.24, 2.45) is 5.92 Å². The number of piperidine rings is 1. The van der Waals surface area contributed by atoms with Gasteiger partial charge < -0.3 is 9.67 Å². The van der Waals surface area contributed by atoms with E-state index in [-0.39, 0.29) is 17.1 Å². The van der Waals surface area contributed by atoms with E-state index in [0.29, 0.717) is 29.3 Å². The summed E-state index contributed by atoms with van der Waals surface area (Å²) in [7, 11) is 0. The molecule has 0 aliphatic carbocycles. The van der Waals surface area contributed by atoms with Crippen molar-refractivity contribution in [3.63, 3.8) is 0 Å². The molecular weight excluding hydrogens is 393 g/mol. The summed E-state index contributed by atoms with van der Waals surface area (Å²) in [5, 5.41) is 10.9. The number of nitrogens with zero attached hydrogens (tertiary/aromatic N) is 3. The quantitative estimate of drug-likeness (QED) is 0.669. The maximum Gasteiger partial charge on any atom is 0.260 e. The molecule has 3 aromatic rings. The fraction of sp³-hybridized carbons (Fsp3) is 0.360. The number of aromatic nitrogens is 2. The van der Waals surface area contributed by atoms with Gasteiger partial charge in [0.25, 0.3) is 5.56 Å². The summed E-state index contributed by atoms with van der Waals surface area (Å²) in [5.74, 6) is 0.206. The third-order valence-electron chi connectivity index (χ3n) is 6.19. The maximum atomic E-state index is 14.1. The zero-order chi connectivity index (χ0) is 22.0. The lowest BCUT2D eigenvalue weighted by atomic mass is 9.92. The number of benzene rings is 1. The van der Waals surface area contributed by atoms with Gasteiger partial charge in [0.1, 0.15) is 11.6 Å². The summed E-state index contributed by atoms with van der Waals surface area (Å²) in [5.41, 5.74) is 2.12. The third-order valence-corrected chi connectivity index (χ3v) is 6.19. The minimum absolute atomic E-state index is 0.0485. The summed E-state index contributed by atoms with van der Waals surface area (Å²) >= 11 is 0. The molecule has 0 radical (unpaired) electrons. The van der Waals surface area contributed by atoms with Crippen LogP contribution in [0.25, 0.3) is 0 Å². The predicted molar refractivity (Wildman–Crippen MR) is 119 cm³/mol. The number of hydrogen-bond acceptors (Lipinski definition) is 4. The molecule has 1 aliphatic heterocycles. The number of rotatable bonds is 5. The molecule has 0 amide bonds. The lowest BCUT2D eigenvalue weighted by Gasteiger charge is -2.37. The molecule has 2 aromatic heterocycles. The van der Waals surface area contributed by atoms with Crippen LogP contribution in [-0.2, 0) is 6.54 Å². The Kier molecular flexibility index (Phi) is 6.18. The van der Waals surface area contributed by atoms with Gasteiger partial charge in [-0.3, -0.25) is 14.7 Å². The van der Waals surface area contributed by atoms with Crippen LogP contribution in [0.1, 0.15) is 48.3 Å². The molecule has 0 unspecified atom stereocenters. The number of halogens is 1. The lowest BCUT2D eigenvalue weighted by Crippen LogP contribution is -2.40. The van der Waals surface area contributed by atoms with Crippen molar-refractivity contribution in [1.29, 1.82) is 0 Å². The number of aryl methyl sites for hydroxylation is 1. The van der Waals surface area contributed by atoms with Crippen LogP contribution in [-0.4, -0.2) is 32.6 Å². The van der Waals surface area contributed by atoms with E-state index in [1.165, 1.54) is 12.1 Å². The molecule has 31 heavy (non-hydrogen) atoms. The fourth-order valence-electron chi connectivity index (χ4n) is 4.40. The lowest BCUT2D eigenvalue weighted by molar-refractivity contribution is 0.154. The molecule has 0 saturated carbocycles. The molecule has 1 aliphatic rings. The molecular formula is C25H28FN3O2. The molecule has 1 saturated heterocycles. The standard InChI is InChI=1S/C25H28FN3O2/c1-17-9-12-28(13-10-17)24(19-6-5-7-20(26)15-19)23-22(30)14-18(2)29(25(23)31)16-21-8-3-4-11-27-21/h3-8,11,14-15,17,24,30H,9-10,12-13,16H2,1-2H3/t24-/m1/s1. The molecule has 1 N–H and O–H groups in total. The molecule has 0 spiro atoms. The van der Waals surface area contributed by atoms with Crippen molar-refractivity contribution in [2.75, 3.05) is 13.1 Å². The van der Waals surface area contributed by atoms with Crippen molar-refractivity contribution < 1.29 is 9.50 Å². The molecule has 1 atom stereocenters. The minimum Gasteiger partial charge on any atom is -0.507 e. The Labute approximate surface area is 181 Å². The molecule has 5 nitrogen and oxygen atoms in total. The second-order valence-corrected chi connectivity index (χ2v) is 8.47. The van der Waals surface area contributed by atoms with E-state index < -0.39 is 6.04 Å². The second kappa shape index (κ2) is 9.02. The van der Waals surface area contributed by atoms with Crippen LogP contribution in [0, 0.1) is 18.7 Å².